The lowest BCUT2D eigenvalue weighted by Crippen LogP contribution is -1.85. The van der Waals surface area contributed by atoms with Gasteiger partial charge in [-0.05, 0) is 42.6 Å². The van der Waals surface area contributed by atoms with E-state index in [1.807, 2.05) is 43.3 Å². The molecule has 0 aliphatic rings. The summed E-state index contributed by atoms with van der Waals surface area (Å²) in [6.45, 7) is 5.44. The minimum absolute atomic E-state index is 0.628. The Labute approximate surface area is 101 Å². The molecular formula is C15H14N2. The van der Waals surface area contributed by atoms with Crippen molar-refractivity contribution >= 4 is 29.0 Å². The van der Waals surface area contributed by atoms with Crippen molar-refractivity contribution < 1.29 is 0 Å². The Balaban J connectivity index is 2.46. The highest BCUT2D eigenvalue weighted by Gasteiger charge is 1.95. The lowest BCUT2D eigenvalue weighted by molar-refractivity contribution is 1.50. The Morgan fingerprint density at radius 3 is 2.59 bits per heavy atom. The third-order valence-corrected chi connectivity index (χ3v) is 2.45. The molecule has 0 heterocycles. The molecule has 0 N–H and O–H groups in total. The van der Waals surface area contributed by atoms with E-state index in [-0.39, 0.29) is 0 Å². The van der Waals surface area contributed by atoms with E-state index in [1.165, 1.54) is 10.8 Å². The lowest BCUT2D eigenvalue weighted by atomic mass is 10.1. The van der Waals surface area contributed by atoms with Crippen molar-refractivity contribution in [1.29, 1.82) is 0 Å². The molecule has 2 rings (SSSR count). The summed E-state index contributed by atoms with van der Waals surface area (Å²) >= 11 is 0. The van der Waals surface area contributed by atoms with Gasteiger partial charge in [0, 0.05) is 0 Å². The summed E-state index contributed by atoms with van der Waals surface area (Å²) in [7, 11) is 0. The fourth-order valence-corrected chi connectivity index (χ4v) is 1.65. The van der Waals surface area contributed by atoms with E-state index in [0.717, 1.165) is 5.69 Å². The average molecular weight is 222 g/mol. The van der Waals surface area contributed by atoms with E-state index in [4.69, 9.17) is 0 Å². The van der Waals surface area contributed by atoms with Crippen LogP contribution >= 0.6 is 0 Å². The van der Waals surface area contributed by atoms with Gasteiger partial charge in [-0.3, -0.25) is 0 Å². The Hall–Kier alpha value is -2.22. The van der Waals surface area contributed by atoms with Crippen LogP contribution < -0.4 is 0 Å². The summed E-state index contributed by atoms with van der Waals surface area (Å²) in [5.74, 6) is 0.628. The SMILES string of the molecule is C=NC(/C=C\C)=Nc1ccc2ccccc2c1. The number of hydrogen-bond acceptors (Lipinski definition) is 1. The van der Waals surface area contributed by atoms with E-state index in [1.54, 1.807) is 0 Å². The van der Waals surface area contributed by atoms with Crippen LogP contribution in [-0.4, -0.2) is 12.6 Å². The molecule has 0 spiro atoms. The molecule has 0 bridgehead atoms. The van der Waals surface area contributed by atoms with Gasteiger partial charge in [-0.2, -0.15) is 0 Å². The summed E-state index contributed by atoms with van der Waals surface area (Å²) in [6.07, 6.45) is 3.73. The van der Waals surface area contributed by atoms with E-state index >= 15 is 0 Å². The predicted molar refractivity (Wildman–Crippen MR) is 75.4 cm³/mol. The van der Waals surface area contributed by atoms with Crippen LogP contribution in [0.3, 0.4) is 0 Å². The highest BCUT2D eigenvalue weighted by Crippen LogP contribution is 2.21. The average Bonchev–Trinajstić information content (AvgIpc) is 2.38. The monoisotopic (exact) mass is 222 g/mol. The zero-order chi connectivity index (χ0) is 12.1. The molecule has 0 saturated heterocycles. The van der Waals surface area contributed by atoms with Crippen LogP contribution in [0.5, 0.6) is 0 Å². The minimum Gasteiger partial charge on any atom is -0.245 e. The van der Waals surface area contributed by atoms with E-state index < -0.39 is 0 Å². The smallest absolute Gasteiger partial charge is 0.151 e. The molecule has 0 radical (unpaired) electrons. The first-order chi connectivity index (χ1) is 8.33. The molecule has 0 aliphatic heterocycles. The van der Waals surface area contributed by atoms with Crippen molar-refractivity contribution in [3.05, 3.63) is 54.6 Å². The van der Waals surface area contributed by atoms with Crippen molar-refractivity contribution in [3.8, 4) is 0 Å². The van der Waals surface area contributed by atoms with Crippen LogP contribution in [0.1, 0.15) is 6.92 Å². The molecule has 0 saturated carbocycles. The maximum atomic E-state index is 4.42. The first-order valence-corrected chi connectivity index (χ1v) is 5.50. The van der Waals surface area contributed by atoms with Crippen LogP contribution in [0.4, 0.5) is 5.69 Å². The van der Waals surface area contributed by atoms with Crippen LogP contribution in [-0.2, 0) is 0 Å². The van der Waals surface area contributed by atoms with Gasteiger partial charge in [0.15, 0.2) is 5.84 Å². The molecule has 2 aromatic carbocycles. The normalized spacial score (nSPS) is 12.2. The van der Waals surface area contributed by atoms with Crippen LogP contribution in [0.15, 0.2) is 64.6 Å². The van der Waals surface area contributed by atoms with Crippen molar-refractivity contribution in [2.24, 2.45) is 9.98 Å². The van der Waals surface area contributed by atoms with Gasteiger partial charge in [-0.25, -0.2) is 9.98 Å². The highest BCUT2D eigenvalue weighted by atomic mass is 14.9. The summed E-state index contributed by atoms with van der Waals surface area (Å²) < 4.78 is 0. The standard InChI is InChI=1S/C15H14N2/c1-3-6-15(16-2)17-14-10-9-12-7-4-5-8-13(12)11-14/h3-11H,2H2,1H3/b6-3-,17-15?. The first kappa shape index (κ1) is 11.3. The van der Waals surface area contributed by atoms with Crippen molar-refractivity contribution in [2.45, 2.75) is 6.92 Å². The van der Waals surface area contributed by atoms with Crippen molar-refractivity contribution in [2.75, 3.05) is 0 Å². The Morgan fingerprint density at radius 1 is 1.12 bits per heavy atom. The number of amidine groups is 1. The molecule has 0 atom stereocenters. The summed E-state index contributed by atoms with van der Waals surface area (Å²) in [6, 6.07) is 14.3. The first-order valence-electron chi connectivity index (χ1n) is 5.50. The van der Waals surface area contributed by atoms with Crippen molar-refractivity contribution in [1.82, 2.24) is 0 Å². The Morgan fingerprint density at radius 2 is 1.88 bits per heavy atom. The van der Waals surface area contributed by atoms with Gasteiger partial charge in [0.05, 0.1) is 5.69 Å². The maximum Gasteiger partial charge on any atom is 0.151 e. The zero-order valence-corrected chi connectivity index (χ0v) is 9.80. The minimum atomic E-state index is 0.628. The molecule has 17 heavy (non-hydrogen) atoms. The number of nitrogens with zero attached hydrogens (tertiary/aromatic N) is 2. The quantitative estimate of drug-likeness (QED) is 0.538. The number of allylic oxidation sites excluding steroid dienone is 1. The number of fused-ring (bicyclic) bond motifs is 1. The summed E-state index contributed by atoms with van der Waals surface area (Å²) in [5.41, 5.74) is 0.893. The topological polar surface area (TPSA) is 24.7 Å². The Kier molecular flexibility index (Phi) is 3.46. The number of hydrogen-bond donors (Lipinski definition) is 0. The molecule has 0 aromatic heterocycles. The second kappa shape index (κ2) is 5.21. The van der Waals surface area contributed by atoms with Crippen LogP contribution in [0.2, 0.25) is 0 Å². The van der Waals surface area contributed by atoms with Gasteiger partial charge in [0.25, 0.3) is 0 Å². The van der Waals surface area contributed by atoms with Gasteiger partial charge in [0.1, 0.15) is 0 Å². The fourth-order valence-electron chi connectivity index (χ4n) is 1.65. The van der Waals surface area contributed by atoms with Crippen molar-refractivity contribution in [3.63, 3.8) is 0 Å². The molecule has 0 unspecified atom stereocenters. The molecule has 2 aromatic rings. The number of rotatable bonds is 2. The molecule has 84 valence electrons. The zero-order valence-electron chi connectivity index (χ0n) is 9.80. The summed E-state index contributed by atoms with van der Waals surface area (Å²) in [5, 5.41) is 2.39. The predicted octanol–water partition coefficient (Wildman–Crippen LogP) is 4.15. The van der Waals surface area contributed by atoms with Crippen LogP contribution in [0.25, 0.3) is 10.8 Å². The van der Waals surface area contributed by atoms with E-state index in [2.05, 4.69) is 34.9 Å². The van der Waals surface area contributed by atoms with Gasteiger partial charge >= 0.3 is 0 Å². The van der Waals surface area contributed by atoms with Crippen LogP contribution in [0, 0.1) is 0 Å². The van der Waals surface area contributed by atoms with E-state index in [0.29, 0.717) is 5.84 Å². The largest absolute Gasteiger partial charge is 0.245 e. The summed E-state index contributed by atoms with van der Waals surface area (Å²) in [4.78, 5) is 8.28. The van der Waals surface area contributed by atoms with E-state index in [9.17, 15) is 0 Å². The van der Waals surface area contributed by atoms with Gasteiger partial charge in [0.2, 0.25) is 0 Å². The fraction of sp³-hybridized carbons (Fsp3) is 0.0667. The second-order valence-electron chi connectivity index (χ2n) is 3.66. The third-order valence-electron chi connectivity index (χ3n) is 2.45. The molecular weight excluding hydrogens is 208 g/mol. The highest BCUT2D eigenvalue weighted by molar-refractivity contribution is 5.98. The molecule has 2 heteroatoms. The third kappa shape index (κ3) is 2.67. The van der Waals surface area contributed by atoms with Gasteiger partial charge < -0.3 is 0 Å². The number of aliphatic imine (C=N–C) groups is 2. The molecule has 0 fully saturated rings. The lowest BCUT2D eigenvalue weighted by Gasteiger charge is -1.99. The maximum absolute atomic E-state index is 4.42. The second-order valence-corrected chi connectivity index (χ2v) is 3.66. The molecule has 0 aliphatic carbocycles. The Bertz CT molecular complexity index is 595. The number of benzene rings is 2. The molecule has 2 nitrogen and oxygen atoms in total. The van der Waals surface area contributed by atoms with Gasteiger partial charge in [-0.1, -0.05) is 36.4 Å². The molecule has 0 amide bonds. The van der Waals surface area contributed by atoms with Gasteiger partial charge in [-0.15, -0.1) is 0 Å².